The van der Waals surface area contributed by atoms with E-state index in [1.165, 1.54) is 12.1 Å². The summed E-state index contributed by atoms with van der Waals surface area (Å²) in [4.78, 5) is 11.4. The third-order valence-electron chi connectivity index (χ3n) is 2.30. The molecule has 17 heavy (non-hydrogen) atoms. The summed E-state index contributed by atoms with van der Waals surface area (Å²) < 4.78 is 18.5. The molecule has 0 bridgehead atoms. The van der Waals surface area contributed by atoms with Crippen molar-refractivity contribution in [3.05, 3.63) is 24.0 Å². The number of ether oxygens (including phenoxy) is 1. The van der Waals surface area contributed by atoms with Crippen molar-refractivity contribution >= 4 is 11.6 Å². The molecule has 0 aromatic heterocycles. The predicted octanol–water partition coefficient (Wildman–Crippen LogP) is 2.28. The van der Waals surface area contributed by atoms with E-state index in [-0.39, 0.29) is 24.1 Å². The maximum Gasteiger partial charge on any atom is 0.250 e. The van der Waals surface area contributed by atoms with E-state index in [1.54, 1.807) is 0 Å². The van der Waals surface area contributed by atoms with Crippen molar-refractivity contribution in [2.24, 2.45) is 0 Å². The molecule has 1 rings (SSSR count). The van der Waals surface area contributed by atoms with Gasteiger partial charge in [0.2, 0.25) is 5.91 Å². The Labute approximate surface area is 99.4 Å². The smallest absolute Gasteiger partial charge is 0.250 e. The van der Waals surface area contributed by atoms with Crippen LogP contribution in [0.25, 0.3) is 0 Å². The van der Waals surface area contributed by atoms with E-state index in [2.05, 4.69) is 5.32 Å². The maximum atomic E-state index is 13.3. The Bertz CT molecular complexity index is 395. The van der Waals surface area contributed by atoms with Crippen LogP contribution in [-0.4, -0.2) is 23.7 Å². The number of halogens is 1. The van der Waals surface area contributed by atoms with Crippen molar-refractivity contribution in [3.8, 4) is 5.75 Å². The third-order valence-corrected chi connectivity index (χ3v) is 2.30. The van der Waals surface area contributed by atoms with Gasteiger partial charge in [-0.2, -0.15) is 0 Å². The minimum Gasteiger partial charge on any atom is -0.508 e. The minimum absolute atomic E-state index is 0.00888. The first-order chi connectivity index (χ1) is 8.02. The molecular weight excluding hydrogens is 225 g/mol. The molecule has 0 saturated heterocycles. The van der Waals surface area contributed by atoms with E-state index in [0.717, 1.165) is 12.5 Å². The van der Waals surface area contributed by atoms with E-state index in [4.69, 9.17) is 9.84 Å². The zero-order valence-electron chi connectivity index (χ0n) is 9.87. The summed E-state index contributed by atoms with van der Waals surface area (Å²) in [5, 5.41) is 11.4. The fourth-order valence-corrected chi connectivity index (χ4v) is 1.13. The van der Waals surface area contributed by atoms with Crippen molar-refractivity contribution in [3.63, 3.8) is 0 Å². The van der Waals surface area contributed by atoms with Gasteiger partial charge in [-0.05, 0) is 25.5 Å². The van der Waals surface area contributed by atoms with Crippen molar-refractivity contribution in [2.75, 3.05) is 11.9 Å². The number of hydrogen-bond acceptors (Lipinski definition) is 3. The van der Waals surface area contributed by atoms with Crippen molar-refractivity contribution in [1.29, 1.82) is 0 Å². The van der Waals surface area contributed by atoms with E-state index >= 15 is 0 Å². The number of phenols is 1. The van der Waals surface area contributed by atoms with Crippen molar-refractivity contribution in [1.82, 2.24) is 0 Å². The van der Waals surface area contributed by atoms with E-state index in [9.17, 15) is 9.18 Å². The van der Waals surface area contributed by atoms with Crippen molar-refractivity contribution < 1.29 is 19.0 Å². The zero-order valence-corrected chi connectivity index (χ0v) is 9.87. The van der Waals surface area contributed by atoms with Gasteiger partial charge in [0.25, 0.3) is 0 Å². The summed E-state index contributed by atoms with van der Waals surface area (Å²) in [6, 6.07) is 3.53. The lowest BCUT2D eigenvalue weighted by Gasteiger charge is -2.11. The Balaban J connectivity index is 2.50. The highest BCUT2D eigenvalue weighted by molar-refractivity contribution is 5.91. The Morgan fingerprint density at radius 3 is 2.88 bits per heavy atom. The molecule has 2 N–H and O–H groups in total. The predicted molar refractivity (Wildman–Crippen MR) is 62.4 cm³/mol. The lowest BCUT2D eigenvalue weighted by Crippen LogP contribution is -2.22. The molecule has 4 nitrogen and oxygen atoms in total. The second-order valence-corrected chi connectivity index (χ2v) is 3.74. The molecule has 5 heteroatoms. The van der Waals surface area contributed by atoms with Gasteiger partial charge in [0, 0.05) is 6.07 Å². The Kier molecular flexibility index (Phi) is 4.90. The molecule has 0 aliphatic carbocycles. The first-order valence-electron chi connectivity index (χ1n) is 5.43. The molecular formula is C12H16FNO3. The number of amides is 1. The largest absolute Gasteiger partial charge is 0.508 e. The fraction of sp³-hybridized carbons (Fsp3) is 0.417. The molecule has 0 heterocycles. The lowest BCUT2D eigenvalue weighted by molar-refractivity contribution is -0.122. The van der Waals surface area contributed by atoms with Crippen LogP contribution in [-0.2, 0) is 9.53 Å². The first-order valence-corrected chi connectivity index (χ1v) is 5.43. The van der Waals surface area contributed by atoms with E-state index in [1.807, 2.05) is 13.8 Å². The summed E-state index contributed by atoms with van der Waals surface area (Å²) in [6.45, 7) is 3.69. The SMILES string of the molecule is CC[C@H](C)OCC(=O)Nc1ccc(O)cc1F. The summed E-state index contributed by atoms with van der Waals surface area (Å²) in [5.41, 5.74) is 0.0283. The molecule has 0 unspecified atom stereocenters. The molecule has 0 spiro atoms. The molecule has 0 saturated carbocycles. The number of benzene rings is 1. The number of carbonyl (C=O) groups is 1. The summed E-state index contributed by atoms with van der Waals surface area (Å²) >= 11 is 0. The first kappa shape index (κ1) is 13.4. The number of aromatic hydroxyl groups is 1. The quantitative estimate of drug-likeness (QED) is 0.777. The summed E-state index contributed by atoms with van der Waals surface area (Å²) in [6.07, 6.45) is 0.798. The number of anilines is 1. The van der Waals surface area contributed by atoms with Crippen LogP contribution in [0.3, 0.4) is 0 Å². The van der Waals surface area contributed by atoms with Crippen LogP contribution in [0.1, 0.15) is 20.3 Å². The zero-order chi connectivity index (χ0) is 12.8. The Morgan fingerprint density at radius 2 is 2.29 bits per heavy atom. The molecule has 1 atom stereocenters. The molecule has 1 aromatic carbocycles. The standard InChI is InChI=1S/C12H16FNO3/c1-3-8(2)17-7-12(16)14-11-5-4-9(15)6-10(11)13/h4-6,8,15H,3,7H2,1-2H3,(H,14,16)/t8-/m0/s1. The van der Waals surface area contributed by atoms with Crippen LogP contribution in [0, 0.1) is 5.82 Å². The molecule has 0 radical (unpaired) electrons. The lowest BCUT2D eigenvalue weighted by atomic mass is 10.3. The van der Waals surface area contributed by atoms with Gasteiger partial charge in [-0.1, -0.05) is 6.92 Å². The number of phenolic OH excluding ortho intramolecular Hbond substituents is 1. The Hall–Kier alpha value is -1.62. The highest BCUT2D eigenvalue weighted by atomic mass is 19.1. The molecule has 0 aliphatic rings. The van der Waals surface area contributed by atoms with Gasteiger partial charge in [0.05, 0.1) is 11.8 Å². The monoisotopic (exact) mass is 241 g/mol. The minimum atomic E-state index is -0.679. The van der Waals surface area contributed by atoms with Gasteiger partial charge < -0.3 is 15.2 Å². The van der Waals surface area contributed by atoms with Gasteiger partial charge in [-0.3, -0.25) is 4.79 Å². The number of rotatable bonds is 5. The topological polar surface area (TPSA) is 58.6 Å². The summed E-state index contributed by atoms with van der Waals surface area (Å²) in [7, 11) is 0. The van der Waals surface area contributed by atoms with Crippen LogP contribution < -0.4 is 5.32 Å². The van der Waals surface area contributed by atoms with Gasteiger partial charge in [0.1, 0.15) is 18.2 Å². The second-order valence-electron chi connectivity index (χ2n) is 3.74. The summed E-state index contributed by atoms with van der Waals surface area (Å²) in [5.74, 6) is -1.28. The number of carbonyl (C=O) groups excluding carboxylic acids is 1. The average molecular weight is 241 g/mol. The third kappa shape index (κ3) is 4.40. The second kappa shape index (κ2) is 6.20. The molecule has 0 aliphatic heterocycles. The van der Waals surface area contributed by atoms with Crippen LogP contribution in [0.4, 0.5) is 10.1 Å². The van der Waals surface area contributed by atoms with Gasteiger partial charge >= 0.3 is 0 Å². The average Bonchev–Trinajstić information content (AvgIpc) is 2.29. The number of nitrogens with one attached hydrogen (secondary N) is 1. The van der Waals surface area contributed by atoms with Crippen LogP contribution in [0.15, 0.2) is 18.2 Å². The maximum absolute atomic E-state index is 13.3. The van der Waals surface area contributed by atoms with E-state index in [0.29, 0.717) is 0 Å². The normalized spacial score (nSPS) is 12.2. The van der Waals surface area contributed by atoms with E-state index < -0.39 is 11.7 Å². The fourth-order valence-electron chi connectivity index (χ4n) is 1.13. The highest BCUT2D eigenvalue weighted by Crippen LogP contribution is 2.19. The molecule has 94 valence electrons. The van der Waals surface area contributed by atoms with Crippen LogP contribution >= 0.6 is 0 Å². The van der Waals surface area contributed by atoms with Crippen LogP contribution in [0.2, 0.25) is 0 Å². The van der Waals surface area contributed by atoms with Gasteiger partial charge in [-0.25, -0.2) is 4.39 Å². The number of hydrogen-bond donors (Lipinski definition) is 2. The van der Waals surface area contributed by atoms with Crippen molar-refractivity contribution in [2.45, 2.75) is 26.4 Å². The highest BCUT2D eigenvalue weighted by Gasteiger charge is 2.09. The van der Waals surface area contributed by atoms with Crippen LogP contribution in [0.5, 0.6) is 5.75 Å². The molecule has 1 aromatic rings. The molecule has 1 amide bonds. The molecule has 0 fully saturated rings. The van der Waals surface area contributed by atoms with Gasteiger partial charge in [0.15, 0.2) is 0 Å². The Morgan fingerprint density at radius 1 is 1.59 bits per heavy atom. The van der Waals surface area contributed by atoms with Gasteiger partial charge in [-0.15, -0.1) is 0 Å².